The molecule has 8 heteroatoms. The van der Waals surface area contributed by atoms with E-state index in [1.165, 1.54) is 5.56 Å². The summed E-state index contributed by atoms with van der Waals surface area (Å²) in [5.74, 6) is 1.00. The highest BCUT2D eigenvalue weighted by molar-refractivity contribution is 5.89. The number of nitriles is 1. The van der Waals surface area contributed by atoms with Crippen molar-refractivity contribution in [1.82, 2.24) is 20.3 Å². The highest BCUT2D eigenvalue weighted by Gasteiger charge is 2.27. The van der Waals surface area contributed by atoms with Crippen molar-refractivity contribution in [1.29, 1.82) is 5.26 Å². The van der Waals surface area contributed by atoms with Gasteiger partial charge in [0.05, 0.1) is 23.2 Å². The molecule has 1 unspecified atom stereocenters. The molecule has 1 atom stereocenters. The molecule has 176 valence electrons. The molecule has 1 N–H and O–H groups in total. The van der Waals surface area contributed by atoms with Gasteiger partial charge in [-0.15, -0.1) is 10.2 Å². The molecule has 0 radical (unpaired) electrons. The van der Waals surface area contributed by atoms with E-state index in [1.807, 2.05) is 52.0 Å². The average Bonchev–Trinajstić information content (AvgIpc) is 2.83. The molecule has 0 saturated carbocycles. The molecule has 2 heterocycles. The average molecular weight is 459 g/mol. The first-order chi connectivity index (χ1) is 16.2. The fraction of sp³-hybridized carbons (Fsp3) is 0.423. The SMILES string of the molecule is CC(Nc1nnnc2ccc(C3CCN(C(=O)OC(C)(C)C)CC3)cc12)c1cccc(C#N)c1. The van der Waals surface area contributed by atoms with Gasteiger partial charge in [-0.3, -0.25) is 0 Å². The summed E-state index contributed by atoms with van der Waals surface area (Å²) in [5, 5.41) is 25.9. The second kappa shape index (κ2) is 9.64. The Balaban J connectivity index is 1.50. The van der Waals surface area contributed by atoms with Gasteiger partial charge in [0.15, 0.2) is 5.82 Å². The number of hydrogen-bond acceptors (Lipinski definition) is 7. The smallest absolute Gasteiger partial charge is 0.410 e. The second-order valence-corrected chi connectivity index (χ2v) is 9.76. The second-order valence-electron chi connectivity index (χ2n) is 9.76. The van der Waals surface area contributed by atoms with Crippen molar-refractivity contribution in [2.24, 2.45) is 0 Å². The molecule has 0 spiro atoms. The van der Waals surface area contributed by atoms with Crippen LogP contribution in [0.25, 0.3) is 10.9 Å². The molecule has 0 aliphatic carbocycles. The van der Waals surface area contributed by atoms with Crippen LogP contribution in [0.3, 0.4) is 0 Å². The normalized spacial score (nSPS) is 15.6. The van der Waals surface area contributed by atoms with Crippen LogP contribution in [-0.2, 0) is 4.74 Å². The van der Waals surface area contributed by atoms with Crippen LogP contribution in [0.5, 0.6) is 0 Å². The molecule has 34 heavy (non-hydrogen) atoms. The van der Waals surface area contributed by atoms with Crippen LogP contribution in [0.4, 0.5) is 10.6 Å². The summed E-state index contributed by atoms with van der Waals surface area (Å²) in [6, 6.07) is 15.8. The van der Waals surface area contributed by atoms with Gasteiger partial charge in [0.2, 0.25) is 0 Å². The number of fused-ring (bicyclic) bond motifs is 1. The number of rotatable bonds is 4. The molecule has 3 aromatic rings. The zero-order chi connectivity index (χ0) is 24.3. The fourth-order valence-corrected chi connectivity index (χ4v) is 4.25. The van der Waals surface area contributed by atoms with E-state index in [-0.39, 0.29) is 12.1 Å². The van der Waals surface area contributed by atoms with E-state index < -0.39 is 5.60 Å². The molecule has 4 rings (SSSR count). The zero-order valence-corrected chi connectivity index (χ0v) is 20.1. The Kier molecular flexibility index (Phi) is 6.64. The Bertz CT molecular complexity index is 1220. The molecule has 0 bridgehead atoms. The zero-order valence-electron chi connectivity index (χ0n) is 20.1. The van der Waals surface area contributed by atoms with Crippen molar-refractivity contribution in [2.45, 2.75) is 58.1 Å². The number of amides is 1. The van der Waals surface area contributed by atoms with E-state index in [0.717, 1.165) is 29.3 Å². The molecule has 1 fully saturated rings. The van der Waals surface area contributed by atoms with E-state index in [2.05, 4.69) is 38.9 Å². The topological polar surface area (TPSA) is 104 Å². The third-order valence-electron chi connectivity index (χ3n) is 6.06. The van der Waals surface area contributed by atoms with Crippen LogP contribution in [0.1, 0.15) is 69.2 Å². The first-order valence-electron chi connectivity index (χ1n) is 11.6. The summed E-state index contributed by atoms with van der Waals surface area (Å²) in [7, 11) is 0. The molecule has 1 amide bonds. The van der Waals surface area contributed by atoms with Crippen molar-refractivity contribution in [3.63, 3.8) is 0 Å². The Morgan fingerprint density at radius 3 is 2.65 bits per heavy atom. The largest absolute Gasteiger partial charge is 0.444 e. The van der Waals surface area contributed by atoms with Gasteiger partial charge in [-0.25, -0.2) is 4.79 Å². The first kappa shape index (κ1) is 23.4. The summed E-state index contributed by atoms with van der Waals surface area (Å²) in [5.41, 5.74) is 3.10. The van der Waals surface area contributed by atoms with Crippen LogP contribution in [0.15, 0.2) is 42.5 Å². The van der Waals surface area contributed by atoms with Crippen LogP contribution < -0.4 is 5.32 Å². The minimum Gasteiger partial charge on any atom is -0.444 e. The third-order valence-corrected chi connectivity index (χ3v) is 6.06. The number of carbonyl (C=O) groups is 1. The van der Waals surface area contributed by atoms with Crippen molar-refractivity contribution in [3.05, 3.63) is 59.2 Å². The number of nitrogens with one attached hydrogen (secondary N) is 1. The number of hydrogen-bond donors (Lipinski definition) is 1. The Morgan fingerprint density at radius 2 is 1.94 bits per heavy atom. The Labute approximate surface area is 199 Å². The maximum Gasteiger partial charge on any atom is 0.410 e. The van der Waals surface area contributed by atoms with E-state index >= 15 is 0 Å². The number of piperidine rings is 1. The summed E-state index contributed by atoms with van der Waals surface area (Å²) in [6.45, 7) is 9.02. The molecule has 2 aromatic carbocycles. The third kappa shape index (κ3) is 5.42. The molecule has 1 saturated heterocycles. The summed E-state index contributed by atoms with van der Waals surface area (Å²) < 4.78 is 5.52. The van der Waals surface area contributed by atoms with Gasteiger partial charge in [0, 0.05) is 18.5 Å². The number of carbonyl (C=O) groups excluding carboxylic acids is 1. The van der Waals surface area contributed by atoms with Gasteiger partial charge < -0.3 is 15.0 Å². The van der Waals surface area contributed by atoms with Crippen LogP contribution in [0.2, 0.25) is 0 Å². The quantitative estimate of drug-likeness (QED) is 0.574. The number of aromatic nitrogens is 3. The maximum absolute atomic E-state index is 12.4. The molecule has 1 aromatic heterocycles. The van der Waals surface area contributed by atoms with E-state index in [0.29, 0.717) is 30.4 Å². The van der Waals surface area contributed by atoms with Crippen LogP contribution in [0, 0.1) is 11.3 Å². The summed E-state index contributed by atoms with van der Waals surface area (Å²) >= 11 is 0. The van der Waals surface area contributed by atoms with Crippen LogP contribution >= 0.6 is 0 Å². The van der Waals surface area contributed by atoms with E-state index in [4.69, 9.17) is 4.74 Å². The number of likely N-dealkylation sites (tertiary alicyclic amines) is 1. The minimum atomic E-state index is -0.489. The predicted octanol–water partition coefficient (Wildman–Crippen LogP) is 5.18. The molecular weight excluding hydrogens is 428 g/mol. The lowest BCUT2D eigenvalue weighted by molar-refractivity contribution is 0.0205. The van der Waals surface area contributed by atoms with Gasteiger partial charge in [-0.2, -0.15) is 5.26 Å². The number of benzene rings is 2. The molecular formula is C26H30N6O2. The summed E-state index contributed by atoms with van der Waals surface area (Å²) in [4.78, 5) is 14.2. The fourth-order valence-electron chi connectivity index (χ4n) is 4.25. The Morgan fingerprint density at radius 1 is 1.18 bits per heavy atom. The molecule has 1 aliphatic rings. The van der Waals surface area contributed by atoms with Crippen molar-refractivity contribution in [2.75, 3.05) is 18.4 Å². The lowest BCUT2D eigenvalue weighted by Gasteiger charge is -2.33. The monoisotopic (exact) mass is 458 g/mol. The number of ether oxygens (including phenoxy) is 1. The summed E-state index contributed by atoms with van der Waals surface area (Å²) in [6.07, 6.45) is 1.50. The lowest BCUT2D eigenvalue weighted by atomic mass is 9.89. The van der Waals surface area contributed by atoms with Gasteiger partial charge >= 0.3 is 6.09 Å². The lowest BCUT2D eigenvalue weighted by Crippen LogP contribution is -2.41. The highest BCUT2D eigenvalue weighted by atomic mass is 16.6. The van der Waals surface area contributed by atoms with Crippen molar-refractivity contribution in [3.8, 4) is 6.07 Å². The van der Waals surface area contributed by atoms with Gasteiger partial charge in [0.1, 0.15) is 5.60 Å². The first-order valence-corrected chi connectivity index (χ1v) is 11.6. The number of anilines is 1. The van der Waals surface area contributed by atoms with Crippen LogP contribution in [-0.4, -0.2) is 45.1 Å². The van der Waals surface area contributed by atoms with Crippen molar-refractivity contribution < 1.29 is 9.53 Å². The van der Waals surface area contributed by atoms with Gasteiger partial charge in [-0.1, -0.05) is 18.2 Å². The van der Waals surface area contributed by atoms with E-state index in [9.17, 15) is 10.1 Å². The van der Waals surface area contributed by atoms with Gasteiger partial charge in [0.25, 0.3) is 0 Å². The Hall–Kier alpha value is -3.73. The van der Waals surface area contributed by atoms with Crippen molar-refractivity contribution >= 4 is 22.8 Å². The molecule has 1 aliphatic heterocycles. The molecule has 8 nitrogen and oxygen atoms in total. The maximum atomic E-state index is 12.4. The standard InChI is InChI=1S/C26H30N6O2/c1-17(20-7-5-6-18(14-20)16-27)28-24-22-15-21(8-9-23(22)29-31-30-24)19-10-12-32(13-11-19)25(33)34-26(2,3)4/h5-9,14-15,17,19H,10-13H2,1-4H3,(H,28,29,30). The number of nitrogens with zero attached hydrogens (tertiary/aromatic N) is 5. The highest BCUT2D eigenvalue weighted by Crippen LogP contribution is 2.32. The minimum absolute atomic E-state index is 0.0612. The van der Waals surface area contributed by atoms with Gasteiger partial charge in [-0.05, 0) is 87.1 Å². The predicted molar refractivity (Wildman–Crippen MR) is 130 cm³/mol. The van der Waals surface area contributed by atoms with E-state index in [1.54, 1.807) is 11.0 Å².